The predicted octanol–water partition coefficient (Wildman–Crippen LogP) is 1.78. The van der Waals surface area contributed by atoms with Crippen molar-refractivity contribution in [2.75, 3.05) is 0 Å². The number of aromatic nitrogens is 4. The topological polar surface area (TPSA) is 99.4 Å². The molecule has 2 heterocycles. The van der Waals surface area contributed by atoms with Gasteiger partial charge in [-0.1, -0.05) is 0 Å². The number of H-pyrrole nitrogens is 1. The second-order valence-electron chi connectivity index (χ2n) is 5.17. The summed E-state index contributed by atoms with van der Waals surface area (Å²) in [4.78, 5) is 16.3. The molecule has 1 aliphatic carbocycles. The first-order chi connectivity index (χ1) is 10.6. The molecule has 112 valence electrons. The summed E-state index contributed by atoms with van der Waals surface area (Å²) >= 11 is 5.20. The van der Waals surface area contributed by atoms with Crippen LogP contribution in [0.15, 0.2) is 12.1 Å². The predicted molar refractivity (Wildman–Crippen MR) is 80.5 cm³/mol. The minimum Gasteiger partial charge on any atom is -0.343 e. The van der Waals surface area contributed by atoms with Gasteiger partial charge in [-0.25, -0.2) is 4.98 Å². The fraction of sp³-hybridized carbons (Fsp3) is 0.357. The van der Waals surface area contributed by atoms with Crippen LogP contribution in [0.5, 0.6) is 0 Å². The Morgan fingerprint density at radius 2 is 2.36 bits per heavy atom. The number of carbonyl (C=O) groups excluding carboxylic acids is 1. The molecular formula is C14H14N6OS. The molecule has 2 aromatic rings. The lowest BCUT2D eigenvalue weighted by Gasteiger charge is -2.07. The van der Waals surface area contributed by atoms with Crippen LogP contribution in [0.3, 0.4) is 0 Å². The molecular weight excluding hydrogens is 300 g/mol. The van der Waals surface area contributed by atoms with Crippen LogP contribution in [0.1, 0.15) is 46.5 Å². The highest BCUT2D eigenvalue weighted by atomic mass is 32.1. The number of nitrogens with zero attached hydrogens (tertiary/aromatic N) is 4. The van der Waals surface area contributed by atoms with E-state index >= 15 is 0 Å². The largest absolute Gasteiger partial charge is 0.343 e. The summed E-state index contributed by atoms with van der Waals surface area (Å²) in [5, 5.41) is 18.6. The zero-order chi connectivity index (χ0) is 15.7. The minimum atomic E-state index is -0.302. The third kappa shape index (κ3) is 2.76. The van der Waals surface area contributed by atoms with E-state index in [4.69, 9.17) is 17.5 Å². The molecule has 1 aliphatic rings. The van der Waals surface area contributed by atoms with Gasteiger partial charge in [0, 0.05) is 6.04 Å². The molecule has 0 saturated heterocycles. The van der Waals surface area contributed by atoms with Crippen molar-refractivity contribution in [2.45, 2.75) is 32.4 Å². The monoisotopic (exact) mass is 314 g/mol. The van der Waals surface area contributed by atoms with Crippen molar-refractivity contribution in [3.05, 3.63) is 39.7 Å². The highest BCUT2D eigenvalue weighted by Gasteiger charge is 2.27. The molecule has 7 nitrogen and oxygen atoms in total. The van der Waals surface area contributed by atoms with Gasteiger partial charge >= 0.3 is 0 Å². The smallest absolute Gasteiger partial charge is 0.270 e. The normalized spacial score (nSPS) is 13.6. The van der Waals surface area contributed by atoms with Crippen molar-refractivity contribution in [1.29, 1.82) is 5.26 Å². The molecule has 0 aliphatic heterocycles. The molecule has 0 atom stereocenters. The van der Waals surface area contributed by atoms with Crippen molar-refractivity contribution < 1.29 is 4.79 Å². The molecule has 0 aromatic carbocycles. The van der Waals surface area contributed by atoms with E-state index in [1.807, 2.05) is 10.6 Å². The number of hydrogen-bond acceptors (Lipinski definition) is 5. The van der Waals surface area contributed by atoms with Crippen molar-refractivity contribution in [1.82, 2.24) is 25.1 Å². The molecule has 1 amide bonds. The van der Waals surface area contributed by atoms with Crippen LogP contribution in [-0.2, 0) is 6.54 Å². The SMILES string of the molecule is Cc1nc(C(=O)NCc2n[nH]c(=S)n2C2CC2)ccc1C#N. The quantitative estimate of drug-likeness (QED) is 0.838. The van der Waals surface area contributed by atoms with Crippen LogP contribution in [0.25, 0.3) is 0 Å². The van der Waals surface area contributed by atoms with Crippen molar-refractivity contribution in [3.8, 4) is 6.07 Å². The Morgan fingerprint density at radius 1 is 1.59 bits per heavy atom. The lowest BCUT2D eigenvalue weighted by atomic mass is 10.2. The van der Waals surface area contributed by atoms with Gasteiger partial charge in [-0.2, -0.15) is 10.4 Å². The third-order valence-corrected chi connectivity index (χ3v) is 3.82. The molecule has 0 bridgehead atoms. The molecule has 3 rings (SSSR count). The van der Waals surface area contributed by atoms with Gasteiger partial charge in [0.05, 0.1) is 17.8 Å². The fourth-order valence-electron chi connectivity index (χ4n) is 2.23. The van der Waals surface area contributed by atoms with Crippen LogP contribution in [0, 0.1) is 23.0 Å². The second kappa shape index (κ2) is 5.69. The number of nitrogens with one attached hydrogen (secondary N) is 2. The first-order valence-electron chi connectivity index (χ1n) is 6.92. The molecule has 8 heteroatoms. The number of nitriles is 1. The molecule has 1 saturated carbocycles. The summed E-state index contributed by atoms with van der Waals surface area (Å²) in [6, 6.07) is 5.56. The summed E-state index contributed by atoms with van der Waals surface area (Å²) in [6.45, 7) is 1.98. The lowest BCUT2D eigenvalue weighted by Crippen LogP contribution is -2.25. The summed E-state index contributed by atoms with van der Waals surface area (Å²) in [5.41, 5.74) is 1.28. The van der Waals surface area contributed by atoms with Crippen molar-refractivity contribution in [3.63, 3.8) is 0 Å². The fourth-order valence-corrected chi connectivity index (χ4v) is 2.53. The number of amides is 1. The van der Waals surface area contributed by atoms with Crippen LogP contribution in [-0.4, -0.2) is 25.7 Å². The van der Waals surface area contributed by atoms with Gasteiger partial charge in [-0.15, -0.1) is 0 Å². The summed E-state index contributed by atoms with van der Waals surface area (Å²) in [7, 11) is 0. The van der Waals surface area contributed by atoms with Gasteiger partial charge < -0.3 is 5.32 Å². The van der Waals surface area contributed by atoms with Crippen LogP contribution >= 0.6 is 12.2 Å². The molecule has 1 fully saturated rings. The van der Waals surface area contributed by atoms with Crippen LogP contribution in [0.4, 0.5) is 0 Å². The van der Waals surface area contributed by atoms with E-state index < -0.39 is 0 Å². The van der Waals surface area contributed by atoms with Gasteiger partial charge in [0.25, 0.3) is 5.91 Å². The first kappa shape index (κ1) is 14.4. The van der Waals surface area contributed by atoms with Crippen LogP contribution in [0.2, 0.25) is 0 Å². The first-order valence-corrected chi connectivity index (χ1v) is 7.32. The molecule has 0 spiro atoms. The zero-order valence-electron chi connectivity index (χ0n) is 12.0. The lowest BCUT2D eigenvalue weighted by molar-refractivity contribution is 0.0944. The molecule has 0 unspecified atom stereocenters. The Morgan fingerprint density at radius 3 is 3.00 bits per heavy atom. The van der Waals surface area contributed by atoms with E-state index in [9.17, 15) is 4.79 Å². The maximum Gasteiger partial charge on any atom is 0.270 e. The maximum atomic E-state index is 12.1. The van der Waals surface area contributed by atoms with Crippen LogP contribution < -0.4 is 5.32 Å². The van der Waals surface area contributed by atoms with Gasteiger partial charge in [0.2, 0.25) is 0 Å². The minimum absolute atomic E-state index is 0.281. The zero-order valence-corrected chi connectivity index (χ0v) is 12.8. The standard InChI is InChI=1S/C14H14N6OS/c1-8-9(6-15)2-5-11(17-8)13(21)16-7-12-18-19-14(22)20(12)10-3-4-10/h2,5,10H,3-4,7H2,1H3,(H,16,21)(H,19,22). The van der Waals surface area contributed by atoms with E-state index in [0.29, 0.717) is 27.9 Å². The number of aromatic amines is 1. The van der Waals surface area contributed by atoms with E-state index in [1.54, 1.807) is 19.1 Å². The number of carbonyl (C=O) groups is 1. The van der Waals surface area contributed by atoms with E-state index in [1.165, 1.54) is 0 Å². The van der Waals surface area contributed by atoms with Gasteiger partial charge in [-0.3, -0.25) is 14.5 Å². The average Bonchev–Trinajstić information content (AvgIpc) is 3.28. The summed E-state index contributed by atoms with van der Waals surface area (Å²) in [6.07, 6.45) is 2.18. The van der Waals surface area contributed by atoms with Crippen molar-refractivity contribution >= 4 is 18.1 Å². The van der Waals surface area contributed by atoms with Gasteiger partial charge in [0.15, 0.2) is 10.6 Å². The van der Waals surface area contributed by atoms with Gasteiger partial charge in [-0.05, 0) is 44.1 Å². The summed E-state index contributed by atoms with van der Waals surface area (Å²) in [5.74, 6) is 0.412. The second-order valence-corrected chi connectivity index (χ2v) is 5.56. The highest BCUT2D eigenvalue weighted by molar-refractivity contribution is 7.71. The number of rotatable bonds is 4. The molecule has 22 heavy (non-hydrogen) atoms. The number of aryl methyl sites for hydroxylation is 1. The Kier molecular flexibility index (Phi) is 3.73. The third-order valence-electron chi connectivity index (χ3n) is 3.54. The molecule has 0 radical (unpaired) electrons. The van der Waals surface area contributed by atoms with Gasteiger partial charge in [0.1, 0.15) is 11.8 Å². The number of hydrogen-bond donors (Lipinski definition) is 2. The van der Waals surface area contributed by atoms with E-state index in [-0.39, 0.29) is 18.1 Å². The Hall–Kier alpha value is -2.53. The number of pyridine rings is 1. The molecule has 2 N–H and O–H groups in total. The Labute approximate surface area is 132 Å². The van der Waals surface area contributed by atoms with E-state index in [2.05, 4.69) is 20.5 Å². The highest BCUT2D eigenvalue weighted by Crippen LogP contribution is 2.35. The Bertz CT molecular complexity index is 827. The van der Waals surface area contributed by atoms with Crippen molar-refractivity contribution in [2.24, 2.45) is 0 Å². The Balaban J connectivity index is 1.72. The maximum absolute atomic E-state index is 12.1. The summed E-state index contributed by atoms with van der Waals surface area (Å²) < 4.78 is 2.53. The van der Waals surface area contributed by atoms with E-state index in [0.717, 1.165) is 12.8 Å². The average molecular weight is 314 g/mol. The molecule has 2 aromatic heterocycles.